The number of piperidine rings is 1. The lowest BCUT2D eigenvalue weighted by molar-refractivity contribution is 0.0727. The van der Waals surface area contributed by atoms with Gasteiger partial charge in [0.25, 0.3) is 5.91 Å². The predicted molar refractivity (Wildman–Crippen MR) is 75.6 cm³/mol. The Labute approximate surface area is 116 Å². The van der Waals surface area contributed by atoms with Gasteiger partial charge in [-0.3, -0.25) is 4.79 Å². The van der Waals surface area contributed by atoms with Crippen LogP contribution in [0.15, 0.2) is 18.2 Å². The van der Waals surface area contributed by atoms with E-state index < -0.39 is 0 Å². The van der Waals surface area contributed by atoms with Gasteiger partial charge in [-0.1, -0.05) is 11.6 Å². The number of hydrogen-bond acceptors (Lipinski definition) is 3. The average Bonchev–Trinajstić information content (AvgIpc) is 2.41. The van der Waals surface area contributed by atoms with Crippen LogP contribution < -0.4 is 0 Å². The highest BCUT2D eigenvalue weighted by Crippen LogP contribution is 2.26. The highest BCUT2D eigenvalue weighted by atomic mass is 35.5. The number of thioether (sulfide) groups is 1. The number of rotatable bonds is 2. The highest BCUT2D eigenvalue weighted by molar-refractivity contribution is 7.99. The number of carbonyl (C=O) groups excluding carboxylic acids is 1. The van der Waals surface area contributed by atoms with Gasteiger partial charge >= 0.3 is 0 Å². The molecule has 0 bridgehead atoms. The molecule has 0 spiro atoms. The zero-order valence-electron chi connectivity index (χ0n) is 10.2. The molecule has 0 unspecified atom stereocenters. The molecule has 1 N–H and O–H groups in total. The minimum absolute atomic E-state index is 0.00328. The summed E-state index contributed by atoms with van der Waals surface area (Å²) < 4.78 is 0. The number of hydrogen-bond donors (Lipinski definition) is 1. The summed E-state index contributed by atoms with van der Waals surface area (Å²) >= 11 is 7.69. The van der Waals surface area contributed by atoms with Crippen molar-refractivity contribution >= 4 is 29.3 Å². The van der Waals surface area contributed by atoms with Crippen molar-refractivity contribution in [3.05, 3.63) is 28.8 Å². The molecular formula is C13H16ClNO2S. The van der Waals surface area contributed by atoms with Gasteiger partial charge in [0.05, 0.1) is 5.02 Å². The number of phenolic OH excluding ortho intramolecular Hbond substituents is 1. The van der Waals surface area contributed by atoms with Crippen LogP contribution in [0.5, 0.6) is 5.75 Å². The number of aromatic hydroxyl groups is 1. The van der Waals surface area contributed by atoms with Gasteiger partial charge in [0.2, 0.25) is 0 Å². The fourth-order valence-corrected chi connectivity index (χ4v) is 2.98. The van der Waals surface area contributed by atoms with E-state index in [0.29, 0.717) is 10.8 Å². The van der Waals surface area contributed by atoms with Gasteiger partial charge in [0, 0.05) is 23.9 Å². The van der Waals surface area contributed by atoms with Crippen molar-refractivity contribution in [1.29, 1.82) is 0 Å². The summed E-state index contributed by atoms with van der Waals surface area (Å²) in [4.78, 5) is 14.1. The number of nitrogens with zero attached hydrogens (tertiary/aromatic N) is 1. The zero-order valence-corrected chi connectivity index (χ0v) is 11.8. The van der Waals surface area contributed by atoms with E-state index in [1.165, 1.54) is 12.1 Å². The van der Waals surface area contributed by atoms with E-state index in [0.717, 1.165) is 25.9 Å². The summed E-state index contributed by atoms with van der Waals surface area (Å²) in [5.41, 5.74) is 0.542. The lowest BCUT2D eigenvalue weighted by Gasteiger charge is -2.31. The van der Waals surface area contributed by atoms with E-state index in [-0.39, 0.29) is 16.7 Å². The first kappa shape index (κ1) is 13.6. The largest absolute Gasteiger partial charge is 0.506 e. The first-order chi connectivity index (χ1) is 8.61. The lowest BCUT2D eigenvalue weighted by Crippen LogP contribution is -2.39. The quantitative estimate of drug-likeness (QED) is 0.908. The van der Waals surface area contributed by atoms with E-state index in [2.05, 4.69) is 6.26 Å². The molecular weight excluding hydrogens is 270 g/mol. The number of benzene rings is 1. The second-order valence-corrected chi connectivity index (χ2v) is 5.94. The maximum Gasteiger partial charge on any atom is 0.253 e. The molecule has 3 nitrogen and oxygen atoms in total. The normalized spacial score (nSPS) is 16.9. The van der Waals surface area contributed by atoms with Crippen LogP contribution in [-0.2, 0) is 0 Å². The van der Waals surface area contributed by atoms with Crippen molar-refractivity contribution in [1.82, 2.24) is 4.90 Å². The van der Waals surface area contributed by atoms with Crippen molar-refractivity contribution in [3.8, 4) is 5.75 Å². The van der Waals surface area contributed by atoms with Crippen LogP contribution in [0.1, 0.15) is 23.2 Å². The molecule has 1 amide bonds. The number of phenols is 1. The van der Waals surface area contributed by atoms with Crippen LogP contribution in [0.4, 0.5) is 0 Å². The summed E-state index contributed by atoms with van der Waals surface area (Å²) in [6.07, 6.45) is 4.19. The molecule has 0 atom stereocenters. The monoisotopic (exact) mass is 285 g/mol. The van der Waals surface area contributed by atoms with Crippen LogP contribution in [0.2, 0.25) is 5.02 Å². The number of amides is 1. The minimum Gasteiger partial charge on any atom is -0.506 e. The Balaban J connectivity index is 2.05. The van der Waals surface area contributed by atoms with Crippen LogP contribution in [0, 0.1) is 0 Å². The van der Waals surface area contributed by atoms with E-state index in [4.69, 9.17) is 11.6 Å². The van der Waals surface area contributed by atoms with Crippen molar-refractivity contribution in [3.63, 3.8) is 0 Å². The first-order valence-corrected chi connectivity index (χ1v) is 7.59. The first-order valence-electron chi connectivity index (χ1n) is 5.92. The Morgan fingerprint density at radius 1 is 1.44 bits per heavy atom. The number of likely N-dealkylation sites (tertiary alicyclic amines) is 1. The highest BCUT2D eigenvalue weighted by Gasteiger charge is 2.23. The van der Waals surface area contributed by atoms with Crippen molar-refractivity contribution in [2.75, 3.05) is 19.3 Å². The molecule has 0 aliphatic carbocycles. The summed E-state index contributed by atoms with van der Waals surface area (Å²) in [6.45, 7) is 1.59. The topological polar surface area (TPSA) is 40.5 Å². The van der Waals surface area contributed by atoms with Gasteiger partial charge in [-0.25, -0.2) is 0 Å². The number of halogens is 1. The lowest BCUT2D eigenvalue weighted by atomic mass is 10.1. The van der Waals surface area contributed by atoms with E-state index in [1.807, 2.05) is 16.7 Å². The molecule has 1 aromatic rings. The minimum atomic E-state index is -0.00328. The van der Waals surface area contributed by atoms with Gasteiger partial charge in [0.1, 0.15) is 5.75 Å². The molecule has 98 valence electrons. The maximum absolute atomic E-state index is 12.2. The van der Waals surface area contributed by atoms with E-state index in [1.54, 1.807) is 6.07 Å². The Bertz CT molecular complexity index is 445. The van der Waals surface area contributed by atoms with Gasteiger partial charge < -0.3 is 10.0 Å². The van der Waals surface area contributed by atoms with E-state index >= 15 is 0 Å². The predicted octanol–water partition coefficient (Wildman–Crippen LogP) is 3.01. The van der Waals surface area contributed by atoms with Crippen LogP contribution in [0.3, 0.4) is 0 Å². The Morgan fingerprint density at radius 3 is 2.67 bits per heavy atom. The summed E-state index contributed by atoms with van der Waals surface area (Å²) in [6, 6.07) is 4.61. The van der Waals surface area contributed by atoms with Crippen molar-refractivity contribution in [2.45, 2.75) is 18.1 Å². The molecule has 0 saturated carbocycles. The molecule has 2 rings (SSSR count). The third-order valence-corrected chi connectivity index (χ3v) is 4.70. The molecule has 18 heavy (non-hydrogen) atoms. The molecule has 1 aromatic carbocycles. The zero-order chi connectivity index (χ0) is 13.1. The SMILES string of the molecule is CSC1CCN(C(=O)c2ccc(O)c(Cl)c2)CC1. The summed E-state index contributed by atoms with van der Waals surface area (Å²) in [5.74, 6) is 0.00533. The summed E-state index contributed by atoms with van der Waals surface area (Å²) in [7, 11) is 0. The van der Waals surface area contributed by atoms with E-state index in [9.17, 15) is 9.90 Å². The van der Waals surface area contributed by atoms with Crippen molar-refractivity contribution in [2.24, 2.45) is 0 Å². The number of carbonyl (C=O) groups is 1. The van der Waals surface area contributed by atoms with Gasteiger partial charge in [-0.05, 0) is 37.3 Å². The molecule has 1 saturated heterocycles. The summed E-state index contributed by atoms with van der Waals surface area (Å²) in [5, 5.41) is 10.2. The van der Waals surface area contributed by atoms with Crippen molar-refractivity contribution < 1.29 is 9.90 Å². The fourth-order valence-electron chi connectivity index (χ4n) is 2.12. The molecule has 5 heteroatoms. The average molecular weight is 286 g/mol. The third-order valence-electron chi connectivity index (χ3n) is 3.26. The molecule has 0 aromatic heterocycles. The van der Waals surface area contributed by atoms with Crippen LogP contribution in [-0.4, -0.2) is 40.5 Å². The maximum atomic E-state index is 12.2. The van der Waals surface area contributed by atoms with Gasteiger partial charge in [-0.15, -0.1) is 0 Å². The molecule has 1 aliphatic rings. The molecule has 1 aliphatic heterocycles. The fraction of sp³-hybridized carbons (Fsp3) is 0.462. The molecule has 1 fully saturated rings. The molecule has 0 radical (unpaired) electrons. The van der Waals surface area contributed by atoms with Gasteiger partial charge in [0.15, 0.2) is 0 Å². The Morgan fingerprint density at radius 2 is 2.11 bits per heavy atom. The second-order valence-electron chi connectivity index (χ2n) is 4.39. The molecule has 1 heterocycles. The van der Waals surface area contributed by atoms with Crippen LogP contribution in [0.25, 0.3) is 0 Å². The standard InChI is InChI=1S/C13H16ClNO2S/c1-18-10-4-6-15(7-5-10)13(17)9-2-3-12(16)11(14)8-9/h2-3,8,10,16H,4-7H2,1H3. The van der Waals surface area contributed by atoms with Gasteiger partial charge in [-0.2, -0.15) is 11.8 Å². The Hall–Kier alpha value is -0.870. The van der Waals surface area contributed by atoms with Crippen LogP contribution >= 0.6 is 23.4 Å². The second kappa shape index (κ2) is 5.85. The third kappa shape index (κ3) is 2.93. The smallest absolute Gasteiger partial charge is 0.253 e. The Kier molecular flexibility index (Phi) is 4.40.